The lowest BCUT2D eigenvalue weighted by atomic mass is 9.95. The molecule has 0 amide bonds. The molecule has 0 radical (unpaired) electrons. The van der Waals surface area contributed by atoms with Crippen molar-refractivity contribution in [3.8, 4) is 0 Å². The predicted octanol–water partition coefficient (Wildman–Crippen LogP) is 6.74. The third-order valence-electron chi connectivity index (χ3n) is 4.62. The van der Waals surface area contributed by atoms with E-state index in [1.54, 1.807) is 0 Å². The minimum absolute atomic E-state index is 0.402. The molecule has 0 rings (SSSR count). The van der Waals surface area contributed by atoms with E-state index in [1.165, 1.54) is 83.1 Å². The highest BCUT2D eigenvalue weighted by molar-refractivity contribution is 5.80. The van der Waals surface area contributed by atoms with Gasteiger partial charge in [-0.15, -0.1) is 0 Å². The van der Waals surface area contributed by atoms with Crippen molar-refractivity contribution in [1.82, 2.24) is 0 Å². The summed E-state index contributed by atoms with van der Waals surface area (Å²) in [5.74, 6) is -0.418. The summed E-state index contributed by atoms with van der Waals surface area (Å²) in [6.45, 7) is 6.33. The molecule has 0 fully saturated rings. The summed E-state index contributed by atoms with van der Waals surface area (Å²) < 4.78 is 0. The number of carboxylic acids is 1. The zero-order valence-electron chi connectivity index (χ0n) is 15.2. The van der Waals surface area contributed by atoms with Crippen LogP contribution >= 0.6 is 0 Å². The second-order valence-electron chi connectivity index (χ2n) is 6.81. The second-order valence-corrected chi connectivity index (χ2v) is 6.81. The third kappa shape index (κ3) is 14.2. The Balaban J connectivity index is 3.31. The van der Waals surface area contributed by atoms with Gasteiger partial charge >= 0.3 is 5.97 Å². The van der Waals surface area contributed by atoms with E-state index in [0.29, 0.717) is 5.92 Å². The van der Waals surface area contributed by atoms with Gasteiger partial charge in [0.05, 0.1) is 0 Å². The maximum absolute atomic E-state index is 10.6. The van der Waals surface area contributed by atoms with Gasteiger partial charge in [-0.1, -0.05) is 96.5 Å². The van der Waals surface area contributed by atoms with E-state index in [2.05, 4.69) is 13.8 Å². The van der Waals surface area contributed by atoms with Crippen LogP contribution in [0.4, 0.5) is 0 Å². The van der Waals surface area contributed by atoms with Crippen LogP contribution in [0, 0.1) is 5.92 Å². The van der Waals surface area contributed by atoms with E-state index in [4.69, 9.17) is 5.11 Å². The number of carboxylic acid groups (broad SMARTS) is 1. The molecule has 22 heavy (non-hydrogen) atoms. The molecule has 1 unspecified atom stereocenters. The zero-order chi connectivity index (χ0) is 16.6. The summed E-state index contributed by atoms with van der Waals surface area (Å²) in [6.07, 6.45) is 18.9. The Morgan fingerprint density at radius 1 is 0.864 bits per heavy atom. The van der Waals surface area contributed by atoms with E-state index in [-0.39, 0.29) is 0 Å². The molecule has 0 aliphatic heterocycles. The molecule has 1 N–H and O–H groups in total. The first-order valence-corrected chi connectivity index (χ1v) is 9.49. The molecule has 130 valence electrons. The lowest BCUT2D eigenvalue weighted by Gasteiger charge is -2.11. The van der Waals surface area contributed by atoms with Crippen molar-refractivity contribution in [3.63, 3.8) is 0 Å². The Hall–Kier alpha value is -0.790. The Morgan fingerprint density at radius 2 is 1.27 bits per heavy atom. The minimum Gasteiger partial charge on any atom is -0.478 e. The normalized spacial score (nSPS) is 13.3. The average molecular weight is 311 g/mol. The molecule has 0 aromatic heterocycles. The van der Waals surface area contributed by atoms with Crippen molar-refractivity contribution in [3.05, 3.63) is 11.6 Å². The summed E-state index contributed by atoms with van der Waals surface area (Å²) in [6, 6.07) is 0. The first kappa shape index (κ1) is 21.2. The summed E-state index contributed by atoms with van der Waals surface area (Å²) in [7, 11) is 0. The largest absolute Gasteiger partial charge is 0.478 e. The van der Waals surface area contributed by atoms with Crippen LogP contribution in [-0.2, 0) is 4.79 Å². The fraction of sp³-hybridized carbons (Fsp3) is 0.850. The number of hydrogen-bond acceptors (Lipinski definition) is 1. The van der Waals surface area contributed by atoms with E-state index < -0.39 is 5.97 Å². The van der Waals surface area contributed by atoms with Gasteiger partial charge in [-0.3, -0.25) is 0 Å². The molecular formula is C20H38O2. The molecule has 0 spiro atoms. The van der Waals surface area contributed by atoms with Gasteiger partial charge in [-0.05, 0) is 19.3 Å². The van der Waals surface area contributed by atoms with E-state index in [9.17, 15) is 4.79 Å². The molecule has 0 heterocycles. The lowest BCUT2D eigenvalue weighted by Crippen LogP contribution is -2.00. The smallest absolute Gasteiger partial charge is 0.328 e. The standard InChI is InChI=1S/C20H38O2/c1-4-5-6-7-8-9-10-11-12-13-14-15-16-18(2)19(3)17-20(21)22/h17-18H,4-16H2,1-3H3,(H,21,22). The van der Waals surface area contributed by atoms with Gasteiger partial charge in [0.25, 0.3) is 0 Å². The van der Waals surface area contributed by atoms with Crippen LogP contribution in [0.15, 0.2) is 11.6 Å². The molecule has 0 saturated carbocycles. The minimum atomic E-state index is -0.820. The number of rotatable bonds is 15. The molecular weight excluding hydrogens is 272 g/mol. The fourth-order valence-electron chi connectivity index (χ4n) is 2.86. The topological polar surface area (TPSA) is 37.3 Å². The number of unbranched alkanes of at least 4 members (excludes halogenated alkanes) is 11. The van der Waals surface area contributed by atoms with Gasteiger partial charge in [0, 0.05) is 6.08 Å². The summed E-state index contributed by atoms with van der Waals surface area (Å²) in [5, 5.41) is 8.73. The van der Waals surface area contributed by atoms with Gasteiger partial charge in [0.2, 0.25) is 0 Å². The van der Waals surface area contributed by atoms with Gasteiger partial charge in [-0.25, -0.2) is 4.79 Å². The summed E-state index contributed by atoms with van der Waals surface area (Å²) in [4.78, 5) is 10.6. The van der Waals surface area contributed by atoms with Crippen molar-refractivity contribution >= 4 is 5.97 Å². The SMILES string of the molecule is CCCCCCCCCCCCCCC(C)C(C)=CC(=O)O. The summed E-state index contributed by atoms with van der Waals surface area (Å²) >= 11 is 0. The van der Waals surface area contributed by atoms with Crippen LogP contribution in [0.3, 0.4) is 0 Å². The van der Waals surface area contributed by atoms with Crippen LogP contribution < -0.4 is 0 Å². The van der Waals surface area contributed by atoms with Crippen molar-refractivity contribution < 1.29 is 9.90 Å². The maximum Gasteiger partial charge on any atom is 0.328 e. The van der Waals surface area contributed by atoms with Crippen LogP contribution in [0.1, 0.15) is 104 Å². The molecule has 0 bridgehead atoms. The first-order valence-electron chi connectivity index (χ1n) is 9.49. The molecule has 1 atom stereocenters. The van der Waals surface area contributed by atoms with Crippen molar-refractivity contribution in [2.45, 2.75) is 104 Å². The molecule has 2 heteroatoms. The van der Waals surface area contributed by atoms with Crippen LogP contribution in [0.25, 0.3) is 0 Å². The molecule has 0 aliphatic rings. The fourth-order valence-corrected chi connectivity index (χ4v) is 2.86. The molecule has 0 saturated heterocycles. The van der Waals surface area contributed by atoms with Gasteiger partial charge in [-0.2, -0.15) is 0 Å². The highest BCUT2D eigenvalue weighted by atomic mass is 16.4. The van der Waals surface area contributed by atoms with Crippen LogP contribution in [0.5, 0.6) is 0 Å². The Labute approximate surface area is 138 Å². The number of allylic oxidation sites excluding steroid dienone is 1. The Bertz CT molecular complexity index is 294. The van der Waals surface area contributed by atoms with Gasteiger partial charge < -0.3 is 5.11 Å². The maximum atomic E-state index is 10.6. The highest BCUT2D eigenvalue weighted by Crippen LogP contribution is 2.19. The van der Waals surface area contributed by atoms with E-state index in [1.807, 2.05) is 6.92 Å². The zero-order valence-corrected chi connectivity index (χ0v) is 15.2. The highest BCUT2D eigenvalue weighted by Gasteiger charge is 2.05. The quantitative estimate of drug-likeness (QED) is 0.268. The number of aliphatic carboxylic acids is 1. The van der Waals surface area contributed by atoms with E-state index >= 15 is 0 Å². The average Bonchev–Trinajstić information content (AvgIpc) is 2.47. The monoisotopic (exact) mass is 310 g/mol. The third-order valence-corrected chi connectivity index (χ3v) is 4.62. The van der Waals surface area contributed by atoms with Crippen molar-refractivity contribution in [1.29, 1.82) is 0 Å². The number of carbonyl (C=O) groups is 1. The number of hydrogen-bond donors (Lipinski definition) is 1. The van der Waals surface area contributed by atoms with Crippen molar-refractivity contribution in [2.24, 2.45) is 5.92 Å². The van der Waals surface area contributed by atoms with E-state index in [0.717, 1.165) is 12.0 Å². The molecule has 0 aliphatic carbocycles. The second kappa shape index (κ2) is 15.1. The van der Waals surface area contributed by atoms with Crippen molar-refractivity contribution in [2.75, 3.05) is 0 Å². The lowest BCUT2D eigenvalue weighted by molar-refractivity contribution is -0.131. The predicted molar refractivity (Wildman–Crippen MR) is 96.3 cm³/mol. The Morgan fingerprint density at radius 3 is 1.68 bits per heavy atom. The Kier molecular flexibility index (Phi) is 14.6. The van der Waals surface area contributed by atoms with Crippen LogP contribution in [-0.4, -0.2) is 11.1 Å². The molecule has 2 nitrogen and oxygen atoms in total. The molecule has 0 aromatic rings. The van der Waals surface area contributed by atoms with Gasteiger partial charge in [0.1, 0.15) is 0 Å². The molecule has 0 aromatic carbocycles. The van der Waals surface area contributed by atoms with Crippen LogP contribution in [0.2, 0.25) is 0 Å². The summed E-state index contributed by atoms with van der Waals surface area (Å²) in [5.41, 5.74) is 0.996. The first-order chi connectivity index (χ1) is 10.6. The van der Waals surface area contributed by atoms with Gasteiger partial charge in [0.15, 0.2) is 0 Å².